The van der Waals surface area contributed by atoms with Crippen molar-refractivity contribution in [3.63, 3.8) is 0 Å². The predicted molar refractivity (Wildman–Crippen MR) is 223 cm³/mol. The topological polar surface area (TPSA) is 60.5 Å². The largest absolute Gasteiger partial charge is 0.356 e. The van der Waals surface area contributed by atoms with Crippen molar-refractivity contribution in [2.45, 2.75) is 143 Å². The third-order valence-corrected chi connectivity index (χ3v) is 13.2. The maximum absolute atomic E-state index is 15.3. The van der Waals surface area contributed by atoms with E-state index in [2.05, 4.69) is 139 Å². The molecule has 0 spiro atoms. The molecular formula is C43H74N2O5Si2. The number of hydrogen-bond acceptors (Lipinski definition) is 5. The molecule has 1 fully saturated rings. The molecule has 0 bridgehead atoms. The number of carbonyl (C=O) groups is 1. The summed E-state index contributed by atoms with van der Waals surface area (Å²) in [4.78, 5) is 19.6. The summed E-state index contributed by atoms with van der Waals surface area (Å²) in [7, 11) is -2.57. The van der Waals surface area contributed by atoms with Crippen LogP contribution in [0.4, 0.5) is 4.79 Å². The molecule has 1 heterocycles. The van der Waals surface area contributed by atoms with E-state index in [1.54, 1.807) is 0 Å². The van der Waals surface area contributed by atoms with Crippen molar-refractivity contribution in [1.82, 2.24) is 9.80 Å². The Balaban J connectivity index is 2.18. The highest BCUT2D eigenvalue weighted by molar-refractivity contribution is 6.76. The smallest absolute Gasteiger partial charge is 0.320 e. The Morgan fingerprint density at radius 3 is 1.23 bits per heavy atom. The Morgan fingerprint density at radius 2 is 0.923 bits per heavy atom. The van der Waals surface area contributed by atoms with Gasteiger partial charge in [-0.15, -0.1) is 0 Å². The van der Waals surface area contributed by atoms with E-state index >= 15 is 4.79 Å². The first-order valence-corrected chi connectivity index (χ1v) is 27.2. The lowest BCUT2D eigenvalue weighted by Gasteiger charge is -2.38. The average molecular weight is 755 g/mol. The highest BCUT2D eigenvalue weighted by atomic mass is 28.3. The van der Waals surface area contributed by atoms with Crippen molar-refractivity contribution in [3.05, 3.63) is 71.8 Å². The zero-order valence-electron chi connectivity index (χ0n) is 35.0. The standard InChI is InChI=1S/C43H74N2O5Si2/c1-42(2,3)23-25-44-37(31-35-19-15-13-16-20-35)39(49-33-47-27-29-51(7,8)9)40(50-34-48-28-30-52(10,11)12)38(32-36-21-17-14-18-22-36)45(41(44)46)26-24-43(4,5)6/h13-22,37-40H,23-34H2,1-12H3/t37-,38-,39+,40+/m1/s1. The SMILES string of the molecule is CC(C)(C)CCN1C(=O)N(CCC(C)(C)C)[C@H](Cc2ccccc2)[C@H](OCOCC[Si](C)(C)C)[C@@H](OCOCC[Si](C)(C)C)[C@H]1Cc1ccccc1. The molecule has 0 radical (unpaired) electrons. The number of ether oxygens (including phenoxy) is 4. The fraction of sp³-hybridized carbons (Fsp3) is 0.698. The number of hydrogen-bond donors (Lipinski definition) is 0. The molecule has 0 aromatic heterocycles. The van der Waals surface area contributed by atoms with E-state index < -0.39 is 28.4 Å². The molecule has 294 valence electrons. The van der Waals surface area contributed by atoms with Gasteiger partial charge in [0, 0.05) is 42.5 Å². The molecule has 2 amide bonds. The first-order chi connectivity index (χ1) is 24.2. The van der Waals surface area contributed by atoms with Gasteiger partial charge in [0.2, 0.25) is 0 Å². The van der Waals surface area contributed by atoms with E-state index in [9.17, 15) is 0 Å². The highest BCUT2D eigenvalue weighted by Crippen LogP contribution is 2.34. The summed E-state index contributed by atoms with van der Waals surface area (Å²) in [6.07, 6.45) is 2.13. The molecule has 1 saturated heterocycles. The van der Waals surface area contributed by atoms with Crippen molar-refractivity contribution in [2.75, 3.05) is 39.9 Å². The van der Waals surface area contributed by atoms with Crippen molar-refractivity contribution in [3.8, 4) is 0 Å². The third kappa shape index (κ3) is 16.6. The molecular weight excluding hydrogens is 681 g/mol. The number of nitrogens with zero attached hydrogens (tertiary/aromatic N) is 2. The van der Waals surface area contributed by atoms with Gasteiger partial charge >= 0.3 is 6.03 Å². The molecule has 0 unspecified atom stereocenters. The van der Waals surface area contributed by atoms with Gasteiger partial charge in [0.05, 0.1) is 12.1 Å². The number of rotatable bonds is 20. The van der Waals surface area contributed by atoms with Crippen LogP contribution >= 0.6 is 0 Å². The van der Waals surface area contributed by atoms with E-state index in [1.165, 1.54) is 11.1 Å². The molecule has 3 rings (SSSR count). The van der Waals surface area contributed by atoms with Gasteiger partial charge in [-0.3, -0.25) is 0 Å². The number of amides is 2. The lowest BCUT2D eigenvalue weighted by Crippen LogP contribution is -2.54. The molecule has 4 atom stereocenters. The summed E-state index contributed by atoms with van der Waals surface area (Å²) in [6.45, 7) is 30.6. The van der Waals surface area contributed by atoms with Crippen LogP contribution < -0.4 is 0 Å². The second-order valence-corrected chi connectivity index (χ2v) is 31.0. The van der Waals surface area contributed by atoms with Crippen LogP contribution in [0.25, 0.3) is 0 Å². The quantitative estimate of drug-likeness (QED) is 0.0765. The maximum atomic E-state index is 15.3. The van der Waals surface area contributed by atoms with Crippen molar-refractivity contribution in [1.29, 1.82) is 0 Å². The summed E-state index contributed by atoms with van der Waals surface area (Å²) >= 11 is 0. The first kappa shape index (κ1) is 44.4. The average Bonchev–Trinajstić information content (AvgIpc) is 3.10. The van der Waals surface area contributed by atoms with E-state index in [0.29, 0.717) is 39.1 Å². The summed E-state index contributed by atoms with van der Waals surface area (Å²) in [6, 6.07) is 22.7. The van der Waals surface area contributed by atoms with E-state index in [-0.39, 0.29) is 42.5 Å². The van der Waals surface area contributed by atoms with Gasteiger partial charge in [0.25, 0.3) is 0 Å². The zero-order chi connectivity index (χ0) is 38.6. The van der Waals surface area contributed by atoms with Crippen LogP contribution in [0.1, 0.15) is 65.5 Å². The first-order valence-electron chi connectivity index (χ1n) is 19.8. The molecule has 1 aliphatic rings. The third-order valence-electron chi connectivity index (χ3n) is 9.84. The minimum absolute atomic E-state index is 0.0416. The van der Waals surface area contributed by atoms with Gasteiger partial charge in [-0.1, -0.05) is 141 Å². The molecule has 0 aliphatic carbocycles. The summed E-state index contributed by atoms with van der Waals surface area (Å²) < 4.78 is 26.4. The van der Waals surface area contributed by atoms with E-state index in [1.807, 2.05) is 12.1 Å². The summed E-state index contributed by atoms with van der Waals surface area (Å²) in [5.41, 5.74) is 2.42. The Kier molecular flexibility index (Phi) is 17.1. The van der Waals surface area contributed by atoms with Gasteiger partial charge in [0.1, 0.15) is 25.8 Å². The minimum atomic E-state index is -1.29. The minimum Gasteiger partial charge on any atom is -0.356 e. The zero-order valence-corrected chi connectivity index (χ0v) is 37.0. The second-order valence-electron chi connectivity index (χ2n) is 19.7. The van der Waals surface area contributed by atoms with Crippen LogP contribution in [0.5, 0.6) is 0 Å². The van der Waals surface area contributed by atoms with Crippen molar-refractivity contribution >= 4 is 22.2 Å². The molecule has 7 nitrogen and oxygen atoms in total. The van der Waals surface area contributed by atoms with Crippen LogP contribution in [0.15, 0.2) is 60.7 Å². The van der Waals surface area contributed by atoms with Gasteiger partial charge < -0.3 is 28.7 Å². The Labute approximate surface area is 320 Å². The van der Waals surface area contributed by atoms with Gasteiger partial charge in [0.15, 0.2) is 0 Å². The fourth-order valence-electron chi connectivity index (χ4n) is 6.38. The lowest BCUT2D eigenvalue weighted by atomic mass is 9.88. The lowest BCUT2D eigenvalue weighted by molar-refractivity contribution is -0.187. The van der Waals surface area contributed by atoms with Crippen LogP contribution in [-0.2, 0) is 31.8 Å². The van der Waals surface area contributed by atoms with Gasteiger partial charge in [-0.2, -0.15) is 0 Å². The molecule has 0 N–H and O–H groups in total. The van der Waals surface area contributed by atoms with E-state index in [0.717, 1.165) is 24.9 Å². The highest BCUT2D eigenvalue weighted by Gasteiger charge is 2.49. The molecule has 2 aromatic carbocycles. The van der Waals surface area contributed by atoms with Crippen LogP contribution in [0.2, 0.25) is 51.4 Å². The number of carbonyl (C=O) groups excluding carboxylic acids is 1. The van der Waals surface area contributed by atoms with Gasteiger partial charge in [-0.05, 0) is 59.7 Å². The number of benzene rings is 2. The molecule has 2 aromatic rings. The molecule has 52 heavy (non-hydrogen) atoms. The molecule has 1 aliphatic heterocycles. The van der Waals surface area contributed by atoms with E-state index in [4.69, 9.17) is 18.9 Å². The second kappa shape index (κ2) is 20.1. The Hall–Kier alpha value is -2.02. The maximum Gasteiger partial charge on any atom is 0.320 e. The van der Waals surface area contributed by atoms with Crippen LogP contribution in [0.3, 0.4) is 0 Å². The normalized spacial score (nSPS) is 20.7. The fourth-order valence-corrected chi connectivity index (χ4v) is 7.89. The molecule has 0 saturated carbocycles. The van der Waals surface area contributed by atoms with Crippen LogP contribution in [0, 0.1) is 10.8 Å². The Morgan fingerprint density at radius 1 is 0.577 bits per heavy atom. The molecule has 9 heteroatoms. The van der Waals surface area contributed by atoms with Crippen LogP contribution in [-0.4, -0.2) is 96.2 Å². The summed E-state index contributed by atoms with van der Waals surface area (Å²) in [5, 5.41) is 0. The monoisotopic (exact) mass is 755 g/mol. The number of urea groups is 1. The van der Waals surface area contributed by atoms with Crippen molar-refractivity contribution in [2.24, 2.45) is 10.8 Å². The predicted octanol–water partition coefficient (Wildman–Crippen LogP) is 10.2. The Bertz CT molecular complexity index is 1200. The van der Waals surface area contributed by atoms with Crippen molar-refractivity contribution < 1.29 is 23.7 Å². The summed E-state index contributed by atoms with van der Waals surface area (Å²) in [5.74, 6) is 0. The van der Waals surface area contributed by atoms with Gasteiger partial charge in [-0.25, -0.2) is 4.79 Å².